The highest BCUT2D eigenvalue weighted by molar-refractivity contribution is 5.61. The van der Waals surface area contributed by atoms with E-state index in [4.69, 9.17) is 18.9 Å². The van der Waals surface area contributed by atoms with Gasteiger partial charge < -0.3 is 24.3 Å². The fourth-order valence-corrected chi connectivity index (χ4v) is 4.15. The third-order valence-corrected chi connectivity index (χ3v) is 6.00. The van der Waals surface area contributed by atoms with Crippen LogP contribution in [0, 0.1) is 6.92 Å². The van der Waals surface area contributed by atoms with E-state index >= 15 is 0 Å². The Morgan fingerprint density at radius 1 is 0.879 bits per heavy atom. The molecule has 0 aromatic heterocycles. The highest BCUT2D eigenvalue weighted by atomic mass is 16.5. The summed E-state index contributed by atoms with van der Waals surface area (Å²) in [4.78, 5) is 0. The SMILES string of the molecule is COc1cc2c(cc1OC)C(/C=C/c1cc(OCc3ccccc3)c(OC)cc1C)NCC2. The van der Waals surface area contributed by atoms with Crippen molar-refractivity contribution in [3.63, 3.8) is 0 Å². The van der Waals surface area contributed by atoms with Gasteiger partial charge in [-0.15, -0.1) is 0 Å². The lowest BCUT2D eigenvalue weighted by Crippen LogP contribution is -2.28. The summed E-state index contributed by atoms with van der Waals surface area (Å²) in [5.74, 6) is 2.98. The summed E-state index contributed by atoms with van der Waals surface area (Å²) in [7, 11) is 5.01. The number of benzene rings is 3. The number of rotatable bonds is 8. The molecule has 172 valence electrons. The highest BCUT2D eigenvalue weighted by Gasteiger charge is 2.21. The molecule has 4 rings (SSSR count). The van der Waals surface area contributed by atoms with Gasteiger partial charge in [-0.3, -0.25) is 0 Å². The van der Waals surface area contributed by atoms with E-state index in [0.717, 1.165) is 52.7 Å². The third-order valence-electron chi connectivity index (χ3n) is 6.00. The van der Waals surface area contributed by atoms with Gasteiger partial charge in [-0.1, -0.05) is 42.5 Å². The van der Waals surface area contributed by atoms with Gasteiger partial charge in [-0.25, -0.2) is 0 Å². The van der Waals surface area contributed by atoms with Gasteiger partial charge >= 0.3 is 0 Å². The van der Waals surface area contributed by atoms with Crippen LogP contribution in [0.2, 0.25) is 0 Å². The van der Waals surface area contributed by atoms with Crippen LogP contribution >= 0.6 is 0 Å². The van der Waals surface area contributed by atoms with Gasteiger partial charge in [-0.05, 0) is 65.4 Å². The van der Waals surface area contributed by atoms with Gasteiger partial charge in [0.05, 0.1) is 27.4 Å². The van der Waals surface area contributed by atoms with E-state index in [1.54, 1.807) is 21.3 Å². The van der Waals surface area contributed by atoms with Crippen molar-refractivity contribution in [2.45, 2.75) is 26.0 Å². The molecular weight excluding hydrogens is 414 g/mol. The minimum absolute atomic E-state index is 0.0868. The van der Waals surface area contributed by atoms with Crippen molar-refractivity contribution in [1.82, 2.24) is 5.32 Å². The fourth-order valence-electron chi connectivity index (χ4n) is 4.15. The van der Waals surface area contributed by atoms with Crippen LogP contribution in [0.1, 0.15) is 33.9 Å². The van der Waals surface area contributed by atoms with Crippen molar-refractivity contribution in [2.75, 3.05) is 27.9 Å². The first-order chi connectivity index (χ1) is 16.1. The lowest BCUT2D eigenvalue weighted by molar-refractivity contribution is 0.284. The molecule has 0 bridgehead atoms. The molecule has 0 amide bonds. The number of fused-ring (bicyclic) bond motifs is 1. The molecule has 33 heavy (non-hydrogen) atoms. The second-order valence-corrected chi connectivity index (χ2v) is 8.08. The number of aryl methyl sites for hydroxylation is 1. The van der Waals surface area contributed by atoms with Crippen LogP contribution in [-0.4, -0.2) is 27.9 Å². The molecule has 3 aromatic carbocycles. The summed E-state index contributed by atoms with van der Waals surface area (Å²) in [6, 6.07) is 18.5. The molecule has 1 atom stereocenters. The molecule has 0 radical (unpaired) electrons. The van der Waals surface area contributed by atoms with Crippen molar-refractivity contribution in [1.29, 1.82) is 0 Å². The number of hydrogen-bond donors (Lipinski definition) is 1. The molecule has 3 aromatic rings. The first kappa shape index (κ1) is 22.7. The Balaban J connectivity index is 1.59. The van der Waals surface area contributed by atoms with E-state index < -0.39 is 0 Å². The number of hydrogen-bond acceptors (Lipinski definition) is 5. The largest absolute Gasteiger partial charge is 0.493 e. The Bertz CT molecular complexity index is 1120. The maximum atomic E-state index is 6.11. The molecule has 0 saturated heterocycles. The molecule has 1 heterocycles. The van der Waals surface area contributed by atoms with Crippen molar-refractivity contribution >= 4 is 6.08 Å². The third kappa shape index (κ3) is 5.15. The lowest BCUT2D eigenvalue weighted by Gasteiger charge is -2.26. The van der Waals surface area contributed by atoms with Crippen LogP contribution in [-0.2, 0) is 13.0 Å². The average Bonchev–Trinajstić information content (AvgIpc) is 2.86. The normalized spacial score (nSPS) is 15.2. The zero-order valence-corrected chi connectivity index (χ0v) is 19.7. The van der Waals surface area contributed by atoms with Crippen molar-refractivity contribution in [3.8, 4) is 23.0 Å². The summed E-state index contributed by atoms with van der Waals surface area (Å²) < 4.78 is 22.7. The van der Waals surface area contributed by atoms with E-state index in [0.29, 0.717) is 6.61 Å². The van der Waals surface area contributed by atoms with E-state index in [1.165, 1.54) is 11.1 Å². The first-order valence-electron chi connectivity index (χ1n) is 11.1. The molecular formula is C28H31NO4. The minimum atomic E-state index is 0.0868. The Morgan fingerprint density at radius 2 is 1.58 bits per heavy atom. The molecule has 0 saturated carbocycles. The summed E-state index contributed by atoms with van der Waals surface area (Å²) >= 11 is 0. The zero-order valence-electron chi connectivity index (χ0n) is 19.7. The van der Waals surface area contributed by atoms with Crippen LogP contribution in [0.15, 0.2) is 60.7 Å². The Hall–Kier alpha value is -3.44. The lowest BCUT2D eigenvalue weighted by atomic mass is 9.92. The molecule has 0 fully saturated rings. The van der Waals surface area contributed by atoms with E-state index in [1.807, 2.05) is 30.3 Å². The number of nitrogens with one attached hydrogen (secondary N) is 1. The molecule has 1 aliphatic heterocycles. The van der Waals surface area contributed by atoms with Gasteiger partial charge in [0, 0.05) is 6.54 Å². The molecule has 1 unspecified atom stereocenters. The van der Waals surface area contributed by atoms with Crippen LogP contribution < -0.4 is 24.3 Å². The van der Waals surface area contributed by atoms with Gasteiger partial charge in [0.1, 0.15) is 6.61 Å². The maximum Gasteiger partial charge on any atom is 0.162 e. The second kappa shape index (κ2) is 10.5. The van der Waals surface area contributed by atoms with Crippen LogP contribution in [0.3, 0.4) is 0 Å². The monoisotopic (exact) mass is 445 g/mol. The Labute approximate surface area is 196 Å². The van der Waals surface area contributed by atoms with E-state index in [-0.39, 0.29) is 6.04 Å². The van der Waals surface area contributed by atoms with Crippen molar-refractivity contribution in [3.05, 3.63) is 88.5 Å². The molecule has 0 aliphatic carbocycles. The Morgan fingerprint density at radius 3 is 2.30 bits per heavy atom. The molecule has 1 aliphatic rings. The van der Waals surface area contributed by atoms with Gasteiger partial charge in [0.2, 0.25) is 0 Å². The standard InChI is InChI=1S/C28H31NO4/c1-19-14-25(30-2)28(33-18-20-8-6-5-7-9-20)15-21(19)10-11-24-23-17-27(32-4)26(31-3)16-22(23)12-13-29-24/h5-11,14-17,24,29H,12-13,18H2,1-4H3/b11-10+. The fraction of sp³-hybridized carbons (Fsp3) is 0.286. The molecule has 5 heteroatoms. The van der Waals surface area contributed by atoms with E-state index in [2.05, 4.69) is 48.7 Å². The van der Waals surface area contributed by atoms with Gasteiger partial charge in [-0.2, -0.15) is 0 Å². The topological polar surface area (TPSA) is 49.0 Å². The second-order valence-electron chi connectivity index (χ2n) is 8.08. The summed E-state index contributed by atoms with van der Waals surface area (Å²) in [5.41, 5.74) is 5.82. The Kier molecular flexibility index (Phi) is 7.20. The highest BCUT2D eigenvalue weighted by Crippen LogP contribution is 2.36. The number of methoxy groups -OCH3 is 3. The zero-order chi connectivity index (χ0) is 23.2. The molecule has 0 spiro atoms. The number of ether oxygens (including phenoxy) is 4. The summed E-state index contributed by atoms with van der Waals surface area (Å²) in [5, 5.41) is 3.60. The smallest absolute Gasteiger partial charge is 0.162 e. The summed E-state index contributed by atoms with van der Waals surface area (Å²) in [6.45, 7) is 3.48. The van der Waals surface area contributed by atoms with Gasteiger partial charge in [0.25, 0.3) is 0 Å². The predicted molar refractivity (Wildman–Crippen MR) is 132 cm³/mol. The van der Waals surface area contributed by atoms with E-state index in [9.17, 15) is 0 Å². The minimum Gasteiger partial charge on any atom is -0.493 e. The van der Waals surface area contributed by atoms with Crippen LogP contribution in [0.4, 0.5) is 0 Å². The average molecular weight is 446 g/mol. The summed E-state index contributed by atoms with van der Waals surface area (Å²) in [6.07, 6.45) is 5.30. The molecule has 5 nitrogen and oxygen atoms in total. The maximum absolute atomic E-state index is 6.11. The van der Waals surface area contributed by atoms with Crippen LogP contribution in [0.25, 0.3) is 6.08 Å². The van der Waals surface area contributed by atoms with Crippen LogP contribution in [0.5, 0.6) is 23.0 Å². The molecule has 1 N–H and O–H groups in total. The quantitative estimate of drug-likeness (QED) is 0.496. The predicted octanol–water partition coefficient (Wildman–Crippen LogP) is 5.50. The van der Waals surface area contributed by atoms with Crippen molar-refractivity contribution in [2.24, 2.45) is 0 Å². The van der Waals surface area contributed by atoms with Crippen molar-refractivity contribution < 1.29 is 18.9 Å². The van der Waals surface area contributed by atoms with Gasteiger partial charge in [0.15, 0.2) is 23.0 Å². The first-order valence-corrected chi connectivity index (χ1v) is 11.1.